The molecule has 0 bridgehead atoms. The summed E-state index contributed by atoms with van der Waals surface area (Å²) in [6.07, 6.45) is 0. The second-order valence-corrected chi connectivity index (χ2v) is 3.04. The van der Waals surface area contributed by atoms with Gasteiger partial charge in [-0.2, -0.15) is 0 Å². The van der Waals surface area contributed by atoms with Crippen LogP contribution in [-0.2, 0) is 6.54 Å². The van der Waals surface area contributed by atoms with Crippen molar-refractivity contribution < 1.29 is 0 Å². The molecule has 0 radical (unpaired) electrons. The molecule has 0 fully saturated rings. The molecule has 2 rings (SSSR count). The van der Waals surface area contributed by atoms with E-state index in [0.29, 0.717) is 6.54 Å². The number of para-hydroxylation sites is 1. The van der Waals surface area contributed by atoms with Crippen LogP contribution in [0.4, 0.5) is 0 Å². The van der Waals surface area contributed by atoms with Crippen molar-refractivity contribution >= 4 is 10.9 Å². The second-order valence-electron chi connectivity index (χ2n) is 3.04. The van der Waals surface area contributed by atoms with Gasteiger partial charge in [0, 0.05) is 12.2 Å². The normalized spacial score (nSPS) is 10.8. The van der Waals surface area contributed by atoms with Gasteiger partial charge < -0.3 is 10.7 Å². The molecule has 2 nitrogen and oxygen atoms in total. The van der Waals surface area contributed by atoms with Crippen LogP contribution in [0.3, 0.4) is 0 Å². The Kier molecular flexibility index (Phi) is 1.62. The molecule has 0 aliphatic carbocycles. The first kappa shape index (κ1) is 7.37. The van der Waals surface area contributed by atoms with Crippen LogP contribution in [0.2, 0.25) is 0 Å². The zero-order valence-corrected chi connectivity index (χ0v) is 7.09. The van der Waals surface area contributed by atoms with Gasteiger partial charge in [0.2, 0.25) is 0 Å². The molecule has 1 heterocycles. The molecule has 0 aliphatic heterocycles. The van der Waals surface area contributed by atoms with E-state index in [4.69, 9.17) is 5.73 Å². The number of nitrogens with one attached hydrogen (secondary N) is 1. The lowest BCUT2D eigenvalue weighted by molar-refractivity contribution is 1.08. The minimum atomic E-state index is 0.595. The van der Waals surface area contributed by atoms with Crippen molar-refractivity contribution in [1.82, 2.24) is 4.98 Å². The lowest BCUT2D eigenvalue weighted by Gasteiger charge is -1.97. The van der Waals surface area contributed by atoms with E-state index in [0.717, 1.165) is 0 Å². The number of H-pyrrole nitrogens is 1. The van der Waals surface area contributed by atoms with E-state index in [1.807, 2.05) is 6.07 Å². The summed E-state index contributed by atoms with van der Waals surface area (Å²) in [5.74, 6) is 0. The van der Waals surface area contributed by atoms with Crippen molar-refractivity contribution in [2.45, 2.75) is 13.5 Å². The Morgan fingerprint density at radius 1 is 1.42 bits per heavy atom. The molecule has 0 saturated heterocycles. The van der Waals surface area contributed by atoms with Crippen molar-refractivity contribution in [1.29, 1.82) is 0 Å². The number of rotatable bonds is 1. The lowest BCUT2D eigenvalue weighted by Crippen LogP contribution is -1.96. The molecular formula is C10H12N2. The molecule has 3 N–H and O–H groups in total. The third kappa shape index (κ3) is 1.01. The van der Waals surface area contributed by atoms with Crippen LogP contribution in [-0.4, -0.2) is 4.98 Å². The number of fused-ring (bicyclic) bond motifs is 1. The van der Waals surface area contributed by atoms with Crippen molar-refractivity contribution in [3.63, 3.8) is 0 Å². The molecule has 12 heavy (non-hydrogen) atoms. The van der Waals surface area contributed by atoms with Crippen molar-refractivity contribution in [2.75, 3.05) is 0 Å². The summed E-state index contributed by atoms with van der Waals surface area (Å²) in [6, 6.07) is 8.32. The zero-order valence-electron chi connectivity index (χ0n) is 7.09. The van der Waals surface area contributed by atoms with Crippen LogP contribution in [0.15, 0.2) is 24.3 Å². The number of hydrogen-bond donors (Lipinski definition) is 2. The van der Waals surface area contributed by atoms with Gasteiger partial charge >= 0.3 is 0 Å². The molecule has 2 heteroatoms. The Morgan fingerprint density at radius 2 is 2.25 bits per heavy atom. The maximum atomic E-state index is 5.61. The summed E-state index contributed by atoms with van der Waals surface area (Å²) >= 11 is 0. The molecule has 62 valence electrons. The lowest BCUT2D eigenvalue weighted by atomic mass is 10.1. The van der Waals surface area contributed by atoms with Gasteiger partial charge in [0.15, 0.2) is 0 Å². The summed E-state index contributed by atoms with van der Waals surface area (Å²) in [5, 5.41) is 1.25. The molecule has 0 spiro atoms. The van der Waals surface area contributed by atoms with E-state index in [1.165, 1.54) is 22.2 Å². The van der Waals surface area contributed by atoms with Gasteiger partial charge in [0.05, 0.1) is 5.52 Å². The average Bonchev–Trinajstić information content (AvgIpc) is 2.44. The van der Waals surface area contributed by atoms with Crippen LogP contribution in [0.1, 0.15) is 11.3 Å². The van der Waals surface area contributed by atoms with Gasteiger partial charge in [-0.25, -0.2) is 0 Å². The monoisotopic (exact) mass is 160 g/mol. The van der Waals surface area contributed by atoms with Crippen LogP contribution in [0, 0.1) is 6.92 Å². The largest absolute Gasteiger partial charge is 0.358 e. The molecule has 2 aromatic rings. The third-order valence-corrected chi connectivity index (χ3v) is 2.10. The highest BCUT2D eigenvalue weighted by atomic mass is 14.7. The van der Waals surface area contributed by atoms with Gasteiger partial charge in [0.1, 0.15) is 0 Å². The van der Waals surface area contributed by atoms with Crippen molar-refractivity contribution in [3.8, 4) is 0 Å². The summed E-state index contributed by atoms with van der Waals surface area (Å²) in [5.41, 5.74) is 9.15. The van der Waals surface area contributed by atoms with E-state index in [-0.39, 0.29) is 0 Å². The molecular weight excluding hydrogens is 148 g/mol. The Labute approximate surface area is 71.4 Å². The second kappa shape index (κ2) is 2.64. The van der Waals surface area contributed by atoms with E-state index < -0.39 is 0 Å². The first-order valence-corrected chi connectivity index (χ1v) is 4.08. The molecule has 0 amide bonds. The fraction of sp³-hybridized carbons (Fsp3) is 0.200. The number of benzene rings is 1. The average molecular weight is 160 g/mol. The maximum absolute atomic E-state index is 5.61. The van der Waals surface area contributed by atoms with E-state index in [9.17, 15) is 0 Å². The van der Waals surface area contributed by atoms with E-state index >= 15 is 0 Å². The molecule has 0 atom stereocenters. The minimum Gasteiger partial charge on any atom is -0.358 e. The van der Waals surface area contributed by atoms with Gasteiger partial charge in [-0.1, -0.05) is 18.2 Å². The number of aryl methyl sites for hydroxylation is 1. The molecule has 1 aromatic heterocycles. The highest BCUT2D eigenvalue weighted by molar-refractivity contribution is 5.83. The molecule has 0 saturated carbocycles. The Hall–Kier alpha value is -1.28. The molecule has 0 aliphatic rings. The summed E-state index contributed by atoms with van der Waals surface area (Å²) in [6.45, 7) is 2.65. The van der Waals surface area contributed by atoms with Gasteiger partial charge in [-0.05, 0) is 23.9 Å². The maximum Gasteiger partial charge on any atom is 0.0501 e. The summed E-state index contributed by atoms with van der Waals surface area (Å²) in [4.78, 5) is 3.30. The predicted molar refractivity (Wildman–Crippen MR) is 50.9 cm³/mol. The number of aromatic nitrogens is 1. The Bertz CT molecular complexity index is 401. The smallest absolute Gasteiger partial charge is 0.0501 e. The van der Waals surface area contributed by atoms with Gasteiger partial charge in [0.25, 0.3) is 0 Å². The Morgan fingerprint density at radius 3 is 3.00 bits per heavy atom. The number of aromatic amines is 1. The fourth-order valence-electron chi connectivity index (χ4n) is 1.53. The molecule has 1 aromatic carbocycles. The highest BCUT2D eigenvalue weighted by Crippen LogP contribution is 2.18. The first-order valence-electron chi connectivity index (χ1n) is 4.08. The number of hydrogen-bond acceptors (Lipinski definition) is 1. The molecule has 0 unspecified atom stereocenters. The minimum absolute atomic E-state index is 0.595. The van der Waals surface area contributed by atoms with Crippen LogP contribution >= 0.6 is 0 Å². The van der Waals surface area contributed by atoms with E-state index in [1.54, 1.807) is 0 Å². The van der Waals surface area contributed by atoms with Crippen LogP contribution < -0.4 is 5.73 Å². The fourth-order valence-corrected chi connectivity index (χ4v) is 1.53. The standard InChI is InChI=1S/C10H12N2/c1-7-5-8-3-2-4-9(6-11)10(8)12-7/h2-5,12H,6,11H2,1H3. The van der Waals surface area contributed by atoms with Crippen molar-refractivity contribution in [2.24, 2.45) is 5.73 Å². The quantitative estimate of drug-likeness (QED) is 0.657. The van der Waals surface area contributed by atoms with Gasteiger partial charge in [-0.3, -0.25) is 0 Å². The van der Waals surface area contributed by atoms with Gasteiger partial charge in [-0.15, -0.1) is 0 Å². The van der Waals surface area contributed by atoms with E-state index in [2.05, 4.69) is 30.1 Å². The summed E-state index contributed by atoms with van der Waals surface area (Å²) < 4.78 is 0. The third-order valence-electron chi connectivity index (χ3n) is 2.10. The Balaban J connectivity index is 2.78. The number of nitrogens with two attached hydrogens (primary N) is 1. The predicted octanol–water partition coefficient (Wildman–Crippen LogP) is 1.94. The zero-order chi connectivity index (χ0) is 8.55. The highest BCUT2D eigenvalue weighted by Gasteiger charge is 2.00. The van der Waals surface area contributed by atoms with Crippen LogP contribution in [0.5, 0.6) is 0 Å². The topological polar surface area (TPSA) is 41.8 Å². The summed E-state index contributed by atoms with van der Waals surface area (Å²) in [7, 11) is 0. The first-order chi connectivity index (χ1) is 5.81. The van der Waals surface area contributed by atoms with Crippen LogP contribution in [0.25, 0.3) is 10.9 Å². The van der Waals surface area contributed by atoms with Crippen molar-refractivity contribution in [3.05, 3.63) is 35.5 Å². The SMILES string of the molecule is Cc1cc2cccc(CN)c2[nH]1.